The quantitative estimate of drug-likeness (QED) is 0.828. The minimum Gasteiger partial charge on any atom is -0.348 e. The van der Waals surface area contributed by atoms with Crippen molar-refractivity contribution in [2.24, 2.45) is 0 Å². The smallest absolute Gasteiger partial charge is 0.253 e. The standard InChI is InChI=1S/C23H31N3O2/c1-15-12-17(3)25-23(28)21(15)14-24-22(27)20-9-8-19(13-16(20)2)18(4)26-10-6-5-7-11-26/h8-9,12-13,18H,5-7,10-11,14H2,1-4H3,(H,24,27)(H,25,28). The zero-order valence-electron chi connectivity index (χ0n) is 17.4. The van der Waals surface area contributed by atoms with E-state index in [2.05, 4.69) is 34.3 Å². The summed E-state index contributed by atoms with van der Waals surface area (Å²) < 4.78 is 0. The molecule has 1 fully saturated rings. The first-order valence-electron chi connectivity index (χ1n) is 10.2. The number of carbonyl (C=O) groups is 1. The van der Waals surface area contributed by atoms with Crippen LogP contribution in [-0.2, 0) is 6.54 Å². The first kappa shape index (κ1) is 20.3. The number of H-pyrrole nitrogens is 1. The van der Waals surface area contributed by atoms with Crippen molar-refractivity contribution in [1.29, 1.82) is 0 Å². The second-order valence-electron chi connectivity index (χ2n) is 7.97. The molecule has 2 heterocycles. The summed E-state index contributed by atoms with van der Waals surface area (Å²) in [5.41, 5.74) is 5.06. The predicted molar refractivity (Wildman–Crippen MR) is 113 cm³/mol. The summed E-state index contributed by atoms with van der Waals surface area (Å²) in [6, 6.07) is 8.38. The molecular weight excluding hydrogens is 350 g/mol. The highest BCUT2D eigenvalue weighted by Gasteiger charge is 2.19. The van der Waals surface area contributed by atoms with Gasteiger partial charge in [-0.15, -0.1) is 0 Å². The zero-order chi connectivity index (χ0) is 20.3. The van der Waals surface area contributed by atoms with E-state index in [0.717, 1.165) is 29.9 Å². The molecule has 0 bridgehead atoms. The van der Waals surface area contributed by atoms with Crippen LogP contribution in [0.25, 0.3) is 0 Å². The molecule has 2 N–H and O–H groups in total. The Labute approximate surface area is 167 Å². The maximum absolute atomic E-state index is 12.7. The van der Waals surface area contributed by atoms with E-state index in [-0.39, 0.29) is 18.0 Å². The van der Waals surface area contributed by atoms with E-state index in [1.807, 2.05) is 32.9 Å². The van der Waals surface area contributed by atoms with E-state index in [1.165, 1.54) is 24.8 Å². The molecular formula is C23H31N3O2. The molecule has 0 saturated carbocycles. The Morgan fingerprint density at radius 2 is 1.82 bits per heavy atom. The lowest BCUT2D eigenvalue weighted by Crippen LogP contribution is -2.32. The molecule has 0 radical (unpaired) electrons. The topological polar surface area (TPSA) is 65.2 Å². The first-order valence-corrected chi connectivity index (χ1v) is 10.2. The molecule has 1 atom stereocenters. The largest absolute Gasteiger partial charge is 0.348 e. The van der Waals surface area contributed by atoms with Crippen molar-refractivity contribution in [2.75, 3.05) is 13.1 Å². The molecule has 5 heteroatoms. The van der Waals surface area contributed by atoms with Gasteiger partial charge in [0.25, 0.3) is 11.5 Å². The summed E-state index contributed by atoms with van der Waals surface area (Å²) in [4.78, 5) is 30.1. The molecule has 150 valence electrons. The number of pyridine rings is 1. The molecule has 1 saturated heterocycles. The van der Waals surface area contributed by atoms with Gasteiger partial charge < -0.3 is 10.3 Å². The predicted octanol–water partition coefficient (Wildman–Crippen LogP) is 3.78. The number of nitrogens with one attached hydrogen (secondary N) is 2. The number of hydrogen-bond donors (Lipinski definition) is 2. The molecule has 2 aromatic rings. The number of likely N-dealkylation sites (tertiary alicyclic amines) is 1. The fourth-order valence-electron chi connectivity index (χ4n) is 4.08. The summed E-state index contributed by atoms with van der Waals surface area (Å²) >= 11 is 0. The van der Waals surface area contributed by atoms with Crippen LogP contribution in [0.5, 0.6) is 0 Å². The Bertz CT molecular complexity index is 911. The highest BCUT2D eigenvalue weighted by molar-refractivity contribution is 5.95. The Morgan fingerprint density at radius 3 is 2.46 bits per heavy atom. The number of hydrogen-bond acceptors (Lipinski definition) is 3. The summed E-state index contributed by atoms with van der Waals surface area (Å²) in [6.45, 7) is 10.5. The van der Waals surface area contributed by atoms with Gasteiger partial charge in [-0.3, -0.25) is 14.5 Å². The number of aryl methyl sites for hydroxylation is 3. The maximum atomic E-state index is 12.7. The lowest BCUT2D eigenvalue weighted by atomic mass is 9.98. The van der Waals surface area contributed by atoms with E-state index in [4.69, 9.17) is 0 Å². The monoisotopic (exact) mass is 381 g/mol. The van der Waals surface area contributed by atoms with Gasteiger partial charge >= 0.3 is 0 Å². The van der Waals surface area contributed by atoms with E-state index in [0.29, 0.717) is 17.2 Å². The number of benzene rings is 1. The molecule has 1 amide bonds. The summed E-state index contributed by atoms with van der Waals surface area (Å²) in [5, 5.41) is 2.90. The van der Waals surface area contributed by atoms with Gasteiger partial charge in [-0.25, -0.2) is 0 Å². The van der Waals surface area contributed by atoms with Crippen molar-refractivity contribution in [3.05, 3.63) is 68.1 Å². The van der Waals surface area contributed by atoms with E-state index < -0.39 is 0 Å². The molecule has 1 aliphatic heterocycles. The van der Waals surface area contributed by atoms with Crippen molar-refractivity contribution in [2.45, 2.75) is 59.5 Å². The van der Waals surface area contributed by atoms with Crippen LogP contribution in [-0.4, -0.2) is 28.9 Å². The Kier molecular flexibility index (Phi) is 6.35. The number of carbonyl (C=O) groups excluding carboxylic acids is 1. The van der Waals surface area contributed by atoms with Gasteiger partial charge in [0.15, 0.2) is 0 Å². The second kappa shape index (κ2) is 8.74. The fraction of sp³-hybridized carbons (Fsp3) is 0.478. The minimum atomic E-state index is -0.144. The molecule has 0 aliphatic carbocycles. The summed E-state index contributed by atoms with van der Waals surface area (Å²) in [6.07, 6.45) is 3.85. The van der Waals surface area contributed by atoms with Crippen LogP contribution in [0.15, 0.2) is 29.1 Å². The maximum Gasteiger partial charge on any atom is 0.253 e. The van der Waals surface area contributed by atoms with Gasteiger partial charge in [0.1, 0.15) is 0 Å². The van der Waals surface area contributed by atoms with Crippen LogP contribution in [0, 0.1) is 20.8 Å². The summed E-state index contributed by atoms with van der Waals surface area (Å²) in [5.74, 6) is -0.144. The highest BCUT2D eigenvalue weighted by atomic mass is 16.1. The van der Waals surface area contributed by atoms with Gasteiger partial charge in [-0.1, -0.05) is 18.6 Å². The van der Waals surface area contributed by atoms with Gasteiger partial charge in [-0.05, 0) is 82.4 Å². The molecule has 1 unspecified atom stereocenters. The molecule has 0 spiro atoms. The molecule has 28 heavy (non-hydrogen) atoms. The van der Waals surface area contributed by atoms with E-state index >= 15 is 0 Å². The van der Waals surface area contributed by atoms with E-state index in [9.17, 15) is 9.59 Å². The van der Waals surface area contributed by atoms with Crippen molar-refractivity contribution >= 4 is 5.91 Å². The molecule has 1 aromatic carbocycles. The number of aromatic amines is 1. The van der Waals surface area contributed by atoms with Crippen LogP contribution in [0.1, 0.15) is 70.5 Å². The van der Waals surface area contributed by atoms with Crippen molar-refractivity contribution in [1.82, 2.24) is 15.2 Å². The van der Waals surface area contributed by atoms with Gasteiger partial charge in [0, 0.05) is 29.4 Å². The van der Waals surface area contributed by atoms with Crippen molar-refractivity contribution in [3.8, 4) is 0 Å². The zero-order valence-corrected chi connectivity index (χ0v) is 17.4. The van der Waals surface area contributed by atoms with Crippen LogP contribution in [0.3, 0.4) is 0 Å². The Morgan fingerprint density at radius 1 is 1.11 bits per heavy atom. The fourth-order valence-corrected chi connectivity index (χ4v) is 4.08. The second-order valence-corrected chi connectivity index (χ2v) is 7.97. The third-order valence-corrected chi connectivity index (χ3v) is 5.84. The van der Waals surface area contributed by atoms with Crippen LogP contribution in [0.4, 0.5) is 0 Å². The molecule has 3 rings (SSSR count). The normalized spacial score (nSPS) is 16.0. The van der Waals surface area contributed by atoms with Crippen molar-refractivity contribution < 1.29 is 4.79 Å². The van der Waals surface area contributed by atoms with Crippen molar-refractivity contribution in [3.63, 3.8) is 0 Å². The number of aromatic nitrogens is 1. The van der Waals surface area contributed by atoms with Crippen LogP contribution < -0.4 is 10.9 Å². The summed E-state index contributed by atoms with van der Waals surface area (Å²) in [7, 11) is 0. The SMILES string of the molecule is Cc1cc(C)c(CNC(=O)c2ccc(C(C)N3CCCCC3)cc2C)c(=O)[nH]1. The lowest BCUT2D eigenvalue weighted by molar-refractivity contribution is 0.0950. The van der Waals surface area contributed by atoms with E-state index in [1.54, 1.807) is 0 Å². The molecule has 1 aliphatic rings. The van der Waals surface area contributed by atoms with Gasteiger partial charge in [0.2, 0.25) is 0 Å². The Balaban J connectivity index is 1.70. The number of nitrogens with zero attached hydrogens (tertiary/aromatic N) is 1. The number of piperidine rings is 1. The minimum absolute atomic E-state index is 0.139. The molecule has 1 aromatic heterocycles. The van der Waals surface area contributed by atoms with Crippen LogP contribution in [0.2, 0.25) is 0 Å². The first-order chi connectivity index (χ1) is 13.4. The number of rotatable bonds is 5. The molecule has 5 nitrogen and oxygen atoms in total. The average molecular weight is 382 g/mol. The third kappa shape index (κ3) is 4.53. The Hall–Kier alpha value is -2.40. The number of amides is 1. The lowest BCUT2D eigenvalue weighted by Gasteiger charge is -2.32. The third-order valence-electron chi connectivity index (χ3n) is 5.84. The average Bonchev–Trinajstić information content (AvgIpc) is 2.67. The van der Waals surface area contributed by atoms with Crippen LogP contribution >= 0.6 is 0 Å². The van der Waals surface area contributed by atoms with Gasteiger partial charge in [-0.2, -0.15) is 0 Å². The highest BCUT2D eigenvalue weighted by Crippen LogP contribution is 2.25. The van der Waals surface area contributed by atoms with Gasteiger partial charge in [0.05, 0.1) is 0 Å².